The standard InChI is InChI=1S/C17H34N2O8/c1-5-7-10(20)12(22)13(23)16(24-7)26-14-8(6-18)25-15(9(19)11(14)21)27-17(2,3)4/h7-16,20-23H,5-6,18-19H2,1-4H3. The molecule has 10 heteroatoms. The van der Waals surface area contributed by atoms with Gasteiger partial charge in [-0.25, -0.2) is 0 Å². The number of hydrogen-bond acceptors (Lipinski definition) is 10. The lowest BCUT2D eigenvalue weighted by molar-refractivity contribution is -0.347. The molecular formula is C17H34N2O8. The van der Waals surface area contributed by atoms with Gasteiger partial charge in [0, 0.05) is 6.54 Å². The minimum absolute atomic E-state index is 0.00362. The molecule has 0 aromatic heterocycles. The maximum absolute atomic E-state index is 10.6. The Morgan fingerprint density at radius 1 is 0.889 bits per heavy atom. The van der Waals surface area contributed by atoms with E-state index in [-0.39, 0.29) is 6.54 Å². The minimum Gasteiger partial charge on any atom is -0.388 e. The number of aliphatic hydroxyl groups is 4. The third-order valence-electron chi connectivity index (χ3n) is 4.78. The van der Waals surface area contributed by atoms with Gasteiger partial charge in [-0.2, -0.15) is 0 Å². The molecule has 0 amide bonds. The Hall–Kier alpha value is -0.400. The van der Waals surface area contributed by atoms with E-state index in [2.05, 4.69) is 0 Å². The molecule has 2 fully saturated rings. The molecule has 2 rings (SSSR count). The molecule has 0 aromatic rings. The minimum atomic E-state index is -1.51. The number of nitrogens with two attached hydrogens (primary N) is 2. The van der Waals surface area contributed by atoms with Crippen LogP contribution in [-0.4, -0.2) is 93.9 Å². The van der Waals surface area contributed by atoms with Crippen LogP contribution in [0.25, 0.3) is 0 Å². The summed E-state index contributed by atoms with van der Waals surface area (Å²) in [7, 11) is 0. The lowest BCUT2D eigenvalue weighted by Crippen LogP contribution is -2.67. The van der Waals surface area contributed by atoms with E-state index >= 15 is 0 Å². The van der Waals surface area contributed by atoms with Crippen LogP contribution in [0.5, 0.6) is 0 Å². The van der Waals surface area contributed by atoms with Crippen molar-refractivity contribution in [1.29, 1.82) is 0 Å². The third-order valence-corrected chi connectivity index (χ3v) is 4.78. The molecule has 8 N–H and O–H groups in total. The van der Waals surface area contributed by atoms with Crippen LogP contribution in [0.2, 0.25) is 0 Å². The van der Waals surface area contributed by atoms with Gasteiger partial charge in [0.15, 0.2) is 12.6 Å². The van der Waals surface area contributed by atoms with E-state index in [1.165, 1.54) is 0 Å². The van der Waals surface area contributed by atoms with E-state index in [1.807, 2.05) is 20.8 Å². The van der Waals surface area contributed by atoms with Gasteiger partial charge < -0.3 is 50.8 Å². The van der Waals surface area contributed by atoms with Gasteiger partial charge in [-0.15, -0.1) is 0 Å². The molecule has 2 aliphatic rings. The van der Waals surface area contributed by atoms with Gasteiger partial charge >= 0.3 is 0 Å². The Kier molecular flexibility index (Phi) is 7.59. The summed E-state index contributed by atoms with van der Waals surface area (Å²) in [4.78, 5) is 0. The van der Waals surface area contributed by atoms with Crippen LogP contribution in [0.15, 0.2) is 0 Å². The molecular weight excluding hydrogens is 360 g/mol. The van der Waals surface area contributed by atoms with E-state index in [4.69, 9.17) is 30.4 Å². The first kappa shape index (κ1) is 22.9. The predicted octanol–water partition coefficient (Wildman–Crippen LogP) is -2.22. The number of rotatable bonds is 5. The molecule has 0 aliphatic carbocycles. The van der Waals surface area contributed by atoms with Gasteiger partial charge in [-0.1, -0.05) is 6.92 Å². The van der Waals surface area contributed by atoms with E-state index < -0.39 is 67.0 Å². The summed E-state index contributed by atoms with van der Waals surface area (Å²) in [5.74, 6) is 0. The van der Waals surface area contributed by atoms with Crippen molar-refractivity contribution in [2.75, 3.05) is 6.54 Å². The molecule has 2 heterocycles. The van der Waals surface area contributed by atoms with Crippen molar-refractivity contribution in [2.24, 2.45) is 11.5 Å². The van der Waals surface area contributed by atoms with Crippen LogP contribution in [0.1, 0.15) is 34.1 Å². The average molecular weight is 394 g/mol. The number of hydrogen-bond donors (Lipinski definition) is 6. The van der Waals surface area contributed by atoms with Crippen molar-refractivity contribution in [3.05, 3.63) is 0 Å². The SMILES string of the molecule is CCC1OC(OC2C(CN)OC(OC(C)(C)C)C(N)C2O)C(O)C(O)C1O. The molecule has 2 aliphatic heterocycles. The van der Waals surface area contributed by atoms with Gasteiger partial charge in [-0.05, 0) is 27.2 Å². The highest BCUT2D eigenvalue weighted by molar-refractivity contribution is 4.96. The summed E-state index contributed by atoms with van der Waals surface area (Å²) in [6.45, 7) is 7.27. The highest BCUT2D eigenvalue weighted by Gasteiger charge is 2.50. The Balaban J connectivity index is 2.12. The summed E-state index contributed by atoms with van der Waals surface area (Å²) in [6, 6.07) is -0.921. The van der Waals surface area contributed by atoms with Crippen LogP contribution >= 0.6 is 0 Å². The Bertz CT molecular complexity index is 472. The highest BCUT2D eigenvalue weighted by Crippen LogP contribution is 2.30. The van der Waals surface area contributed by atoms with E-state index in [1.54, 1.807) is 6.92 Å². The van der Waals surface area contributed by atoms with Crippen LogP contribution in [0.4, 0.5) is 0 Å². The molecule has 0 saturated carbocycles. The van der Waals surface area contributed by atoms with Crippen molar-refractivity contribution in [3.8, 4) is 0 Å². The van der Waals surface area contributed by atoms with Gasteiger partial charge in [-0.3, -0.25) is 0 Å². The topological polar surface area (TPSA) is 170 Å². The quantitative estimate of drug-likeness (QED) is 0.300. The van der Waals surface area contributed by atoms with Crippen LogP contribution < -0.4 is 11.5 Å². The fourth-order valence-electron chi connectivity index (χ4n) is 3.27. The number of ether oxygens (including phenoxy) is 4. The summed E-state index contributed by atoms with van der Waals surface area (Å²) < 4.78 is 22.8. The first-order valence-electron chi connectivity index (χ1n) is 9.32. The largest absolute Gasteiger partial charge is 0.388 e. The van der Waals surface area contributed by atoms with Gasteiger partial charge in [0.25, 0.3) is 0 Å². The van der Waals surface area contributed by atoms with Gasteiger partial charge in [0.1, 0.15) is 36.6 Å². The van der Waals surface area contributed by atoms with Crippen molar-refractivity contribution in [2.45, 2.75) is 101 Å². The highest BCUT2D eigenvalue weighted by atomic mass is 16.7. The Labute approximate surface area is 159 Å². The molecule has 0 radical (unpaired) electrons. The van der Waals surface area contributed by atoms with Crippen molar-refractivity contribution >= 4 is 0 Å². The lowest BCUT2D eigenvalue weighted by atomic mass is 9.95. The maximum atomic E-state index is 10.6. The molecule has 160 valence electrons. The lowest BCUT2D eigenvalue weighted by Gasteiger charge is -2.47. The second-order valence-corrected chi connectivity index (χ2v) is 8.10. The average Bonchev–Trinajstić information content (AvgIpc) is 2.60. The Morgan fingerprint density at radius 3 is 2.00 bits per heavy atom. The molecule has 10 unspecified atom stereocenters. The normalized spacial score (nSPS) is 46.4. The molecule has 10 nitrogen and oxygen atoms in total. The monoisotopic (exact) mass is 394 g/mol. The smallest absolute Gasteiger partial charge is 0.187 e. The van der Waals surface area contributed by atoms with Gasteiger partial charge in [0.05, 0.1) is 17.7 Å². The zero-order chi connectivity index (χ0) is 20.5. The fourth-order valence-corrected chi connectivity index (χ4v) is 3.27. The van der Waals surface area contributed by atoms with Crippen LogP contribution in [-0.2, 0) is 18.9 Å². The zero-order valence-electron chi connectivity index (χ0n) is 16.3. The van der Waals surface area contributed by atoms with Crippen molar-refractivity contribution in [1.82, 2.24) is 0 Å². The summed E-state index contributed by atoms with van der Waals surface area (Å²) in [5, 5.41) is 40.8. The van der Waals surface area contributed by atoms with Crippen LogP contribution in [0.3, 0.4) is 0 Å². The van der Waals surface area contributed by atoms with Crippen molar-refractivity contribution < 1.29 is 39.4 Å². The Morgan fingerprint density at radius 2 is 1.48 bits per heavy atom. The van der Waals surface area contributed by atoms with Crippen molar-refractivity contribution in [3.63, 3.8) is 0 Å². The second-order valence-electron chi connectivity index (χ2n) is 8.10. The molecule has 0 aromatic carbocycles. The first-order valence-corrected chi connectivity index (χ1v) is 9.32. The fraction of sp³-hybridized carbons (Fsp3) is 1.00. The summed E-state index contributed by atoms with van der Waals surface area (Å²) in [5.41, 5.74) is 11.3. The maximum Gasteiger partial charge on any atom is 0.187 e. The predicted molar refractivity (Wildman–Crippen MR) is 94.4 cm³/mol. The zero-order valence-corrected chi connectivity index (χ0v) is 16.3. The van der Waals surface area contributed by atoms with E-state index in [0.717, 1.165) is 0 Å². The van der Waals surface area contributed by atoms with E-state index in [0.29, 0.717) is 6.42 Å². The summed E-state index contributed by atoms with van der Waals surface area (Å²) >= 11 is 0. The molecule has 10 atom stereocenters. The number of aliphatic hydroxyl groups excluding tert-OH is 4. The van der Waals surface area contributed by atoms with Crippen LogP contribution in [0, 0.1) is 0 Å². The summed E-state index contributed by atoms with van der Waals surface area (Å²) in [6.07, 6.45) is -9.68. The first-order chi connectivity index (χ1) is 12.5. The van der Waals surface area contributed by atoms with Gasteiger partial charge in [0.2, 0.25) is 0 Å². The molecule has 2 saturated heterocycles. The third kappa shape index (κ3) is 5.15. The molecule has 0 spiro atoms. The molecule has 27 heavy (non-hydrogen) atoms. The second kappa shape index (κ2) is 8.95. The van der Waals surface area contributed by atoms with E-state index in [9.17, 15) is 20.4 Å². The molecule has 0 bridgehead atoms.